The highest BCUT2D eigenvalue weighted by Gasteiger charge is 2.33. The van der Waals surface area contributed by atoms with Crippen LogP contribution in [0.25, 0.3) is 0 Å². The first-order valence-electron chi connectivity index (χ1n) is 8.05. The number of halogens is 3. The van der Waals surface area contributed by atoms with Gasteiger partial charge in [0, 0.05) is 25.2 Å². The number of rotatable bonds is 8. The third kappa shape index (κ3) is 5.31. The van der Waals surface area contributed by atoms with Crippen molar-refractivity contribution in [3.8, 4) is 0 Å². The second-order valence-corrected chi connectivity index (χ2v) is 7.59. The van der Waals surface area contributed by atoms with Crippen LogP contribution in [-0.2, 0) is 10.0 Å². The average Bonchev–Trinajstić information content (AvgIpc) is 2.53. The van der Waals surface area contributed by atoms with Crippen LogP contribution in [0.3, 0.4) is 0 Å². The van der Waals surface area contributed by atoms with E-state index in [9.17, 15) is 26.4 Å². The van der Waals surface area contributed by atoms with Crippen LogP contribution in [0.1, 0.15) is 29.8 Å². The molecule has 0 aliphatic carbocycles. The lowest BCUT2D eigenvalue weighted by atomic mass is 10.1. The topological polar surface area (TPSA) is 57.7 Å². The number of sulfonamides is 1. The number of alkyl halides is 3. The lowest BCUT2D eigenvalue weighted by Gasteiger charge is -2.24. The standard InChI is InChI=1S/C17H23F3N2O3S/c1-5-10-21(12-17(18,19)20)16(23)15-11-14(9-8-13(15)4)26(24,25)22(6-2)7-3/h5,8-9,11H,1,6-7,10,12H2,2-4H3. The van der Waals surface area contributed by atoms with Gasteiger partial charge in [0.15, 0.2) is 0 Å². The molecule has 1 aromatic rings. The number of carbonyl (C=O) groups excluding carboxylic acids is 1. The van der Waals surface area contributed by atoms with Crippen LogP contribution >= 0.6 is 0 Å². The molecule has 0 saturated heterocycles. The molecule has 5 nitrogen and oxygen atoms in total. The minimum absolute atomic E-state index is 0.0793. The van der Waals surface area contributed by atoms with Crippen LogP contribution in [0.4, 0.5) is 13.2 Å². The minimum Gasteiger partial charge on any atom is -0.326 e. The number of hydrogen-bond donors (Lipinski definition) is 0. The summed E-state index contributed by atoms with van der Waals surface area (Å²) in [5.74, 6) is -0.892. The third-order valence-corrected chi connectivity index (χ3v) is 5.84. The van der Waals surface area contributed by atoms with E-state index >= 15 is 0 Å². The van der Waals surface area contributed by atoms with E-state index < -0.39 is 28.7 Å². The van der Waals surface area contributed by atoms with Crippen LogP contribution in [0.15, 0.2) is 35.7 Å². The summed E-state index contributed by atoms with van der Waals surface area (Å²) in [6.45, 7) is 7.01. The zero-order valence-electron chi connectivity index (χ0n) is 15.0. The highest BCUT2D eigenvalue weighted by molar-refractivity contribution is 7.89. The van der Waals surface area contributed by atoms with Gasteiger partial charge in [-0.2, -0.15) is 17.5 Å². The van der Waals surface area contributed by atoms with Gasteiger partial charge < -0.3 is 4.90 Å². The van der Waals surface area contributed by atoms with Crippen molar-refractivity contribution in [3.05, 3.63) is 42.0 Å². The minimum atomic E-state index is -4.57. The van der Waals surface area contributed by atoms with Gasteiger partial charge in [-0.25, -0.2) is 8.42 Å². The normalized spacial score (nSPS) is 12.3. The van der Waals surface area contributed by atoms with Crippen molar-refractivity contribution < 1.29 is 26.4 Å². The molecule has 0 radical (unpaired) electrons. The van der Waals surface area contributed by atoms with Crippen LogP contribution < -0.4 is 0 Å². The molecule has 0 saturated carbocycles. The van der Waals surface area contributed by atoms with E-state index in [1.54, 1.807) is 20.8 Å². The summed E-state index contributed by atoms with van der Waals surface area (Å²) in [6, 6.07) is 3.91. The number of carbonyl (C=O) groups is 1. The summed E-state index contributed by atoms with van der Waals surface area (Å²) in [5.41, 5.74) is 0.314. The number of amides is 1. The molecule has 0 aliphatic heterocycles. The molecular formula is C17H23F3N2O3S. The van der Waals surface area contributed by atoms with Crippen molar-refractivity contribution >= 4 is 15.9 Å². The Morgan fingerprint density at radius 3 is 2.27 bits per heavy atom. The second-order valence-electron chi connectivity index (χ2n) is 5.66. The van der Waals surface area contributed by atoms with Gasteiger partial charge in [-0.3, -0.25) is 4.79 Å². The van der Waals surface area contributed by atoms with E-state index in [4.69, 9.17) is 0 Å². The molecule has 1 aromatic carbocycles. The van der Waals surface area contributed by atoms with E-state index in [0.717, 1.165) is 6.07 Å². The van der Waals surface area contributed by atoms with E-state index in [0.29, 0.717) is 10.5 Å². The lowest BCUT2D eigenvalue weighted by molar-refractivity contribution is -0.139. The summed E-state index contributed by atoms with van der Waals surface area (Å²) in [7, 11) is -3.83. The largest absolute Gasteiger partial charge is 0.406 e. The molecule has 0 fully saturated rings. The molecule has 0 atom stereocenters. The molecule has 1 amide bonds. The van der Waals surface area contributed by atoms with Gasteiger partial charge in [0.1, 0.15) is 6.54 Å². The average molecular weight is 392 g/mol. The van der Waals surface area contributed by atoms with Crippen molar-refractivity contribution in [2.24, 2.45) is 0 Å². The van der Waals surface area contributed by atoms with Crippen LogP contribution in [-0.4, -0.2) is 55.9 Å². The first kappa shape index (κ1) is 22.2. The van der Waals surface area contributed by atoms with E-state index in [1.807, 2.05) is 0 Å². The molecule has 0 unspecified atom stereocenters. The highest BCUT2D eigenvalue weighted by atomic mass is 32.2. The first-order chi connectivity index (χ1) is 12.0. The zero-order chi connectivity index (χ0) is 20.1. The maximum Gasteiger partial charge on any atom is 0.406 e. The molecule has 1 rings (SSSR count). The number of benzene rings is 1. The summed E-state index contributed by atoms with van der Waals surface area (Å²) in [4.78, 5) is 13.1. The van der Waals surface area contributed by atoms with Crippen molar-refractivity contribution in [3.63, 3.8) is 0 Å². The lowest BCUT2D eigenvalue weighted by Crippen LogP contribution is -2.39. The summed E-state index contributed by atoms with van der Waals surface area (Å²) >= 11 is 0. The number of aryl methyl sites for hydroxylation is 1. The van der Waals surface area contributed by atoms with Gasteiger partial charge in [0.05, 0.1) is 4.90 Å². The fraction of sp³-hybridized carbons (Fsp3) is 0.471. The van der Waals surface area contributed by atoms with Crippen molar-refractivity contribution in [2.75, 3.05) is 26.2 Å². The van der Waals surface area contributed by atoms with Gasteiger partial charge in [0.2, 0.25) is 10.0 Å². The number of nitrogens with zero attached hydrogens (tertiary/aromatic N) is 2. The summed E-state index contributed by atoms with van der Waals surface area (Å²) in [6.07, 6.45) is -3.38. The monoisotopic (exact) mass is 392 g/mol. The Balaban J connectivity index is 3.36. The molecule has 0 bridgehead atoms. The molecule has 26 heavy (non-hydrogen) atoms. The van der Waals surface area contributed by atoms with E-state index in [1.165, 1.54) is 22.5 Å². The van der Waals surface area contributed by atoms with Gasteiger partial charge in [-0.15, -0.1) is 6.58 Å². The maximum atomic E-state index is 12.7. The van der Waals surface area contributed by atoms with Gasteiger partial charge in [0.25, 0.3) is 5.91 Å². The van der Waals surface area contributed by atoms with Crippen LogP contribution in [0, 0.1) is 6.92 Å². The smallest absolute Gasteiger partial charge is 0.326 e. The van der Waals surface area contributed by atoms with Crippen molar-refractivity contribution in [1.82, 2.24) is 9.21 Å². The molecule has 9 heteroatoms. The van der Waals surface area contributed by atoms with Crippen LogP contribution in [0.5, 0.6) is 0 Å². The molecule has 0 aromatic heterocycles. The quantitative estimate of drug-likeness (QED) is 0.639. The predicted molar refractivity (Wildman–Crippen MR) is 93.4 cm³/mol. The van der Waals surface area contributed by atoms with Gasteiger partial charge in [-0.05, 0) is 24.6 Å². The molecular weight excluding hydrogens is 369 g/mol. The Hall–Kier alpha value is -1.87. The third-order valence-electron chi connectivity index (χ3n) is 3.79. The summed E-state index contributed by atoms with van der Waals surface area (Å²) in [5, 5.41) is 0. The maximum absolute atomic E-state index is 12.7. The summed E-state index contributed by atoms with van der Waals surface area (Å²) < 4.78 is 64.7. The Morgan fingerprint density at radius 1 is 1.23 bits per heavy atom. The van der Waals surface area contributed by atoms with E-state index in [-0.39, 0.29) is 30.1 Å². The molecule has 0 spiro atoms. The Morgan fingerprint density at radius 2 is 1.81 bits per heavy atom. The van der Waals surface area contributed by atoms with Gasteiger partial charge >= 0.3 is 6.18 Å². The second kappa shape index (κ2) is 8.68. The molecule has 0 aliphatic rings. The van der Waals surface area contributed by atoms with Crippen molar-refractivity contribution in [1.29, 1.82) is 0 Å². The molecule has 146 valence electrons. The Bertz CT molecular complexity index is 757. The first-order valence-corrected chi connectivity index (χ1v) is 9.49. The molecule has 0 N–H and O–H groups in total. The fourth-order valence-corrected chi connectivity index (χ4v) is 3.95. The highest BCUT2D eigenvalue weighted by Crippen LogP contribution is 2.23. The molecule has 0 heterocycles. The number of hydrogen-bond acceptors (Lipinski definition) is 3. The Kier molecular flexibility index (Phi) is 7.40. The van der Waals surface area contributed by atoms with Crippen molar-refractivity contribution in [2.45, 2.75) is 31.8 Å². The van der Waals surface area contributed by atoms with Crippen LogP contribution in [0.2, 0.25) is 0 Å². The van der Waals surface area contributed by atoms with Gasteiger partial charge in [-0.1, -0.05) is 26.0 Å². The van der Waals surface area contributed by atoms with E-state index in [2.05, 4.69) is 6.58 Å². The predicted octanol–water partition coefficient (Wildman–Crippen LogP) is 3.22. The Labute approximate surface area is 152 Å². The fourth-order valence-electron chi connectivity index (χ4n) is 2.47. The SMILES string of the molecule is C=CCN(CC(F)(F)F)C(=O)c1cc(S(=O)(=O)N(CC)CC)ccc1C. The zero-order valence-corrected chi connectivity index (χ0v) is 15.8.